The van der Waals surface area contributed by atoms with Crippen LogP contribution >= 0.6 is 0 Å². The first kappa shape index (κ1) is 26.7. The number of hydrogen-bond acceptors (Lipinski definition) is 8. The van der Waals surface area contributed by atoms with Gasteiger partial charge in [0.15, 0.2) is 0 Å². The highest BCUT2D eigenvalue weighted by Crippen LogP contribution is 2.41. The highest BCUT2D eigenvalue weighted by molar-refractivity contribution is 6.39. The van der Waals surface area contributed by atoms with Gasteiger partial charge in [0, 0.05) is 38.3 Å². The Morgan fingerprint density at radius 3 is 2.41 bits per heavy atom. The van der Waals surface area contributed by atoms with Gasteiger partial charge in [-0.2, -0.15) is 20.7 Å². The van der Waals surface area contributed by atoms with Crippen LogP contribution in [0.2, 0.25) is 0 Å². The van der Waals surface area contributed by atoms with Crippen LogP contribution in [-0.2, 0) is 26.4 Å². The van der Waals surface area contributed by atoms with E-state index in [-0.39, 0.29) is 0 Å². The first-order valence-corrected chi connectivity index (χ1v) is 13.9. The van der Waals surface area contributed by atoms with Gasteiger partial charge in [0.2, 0.25) is 0 Å². The van der Waals surface area contributed by atoms with E-state index in [2.05, 4.69) is 46.1 Å². The van der Waals surface area contributed by atoms with E-state index < -0.39 is 6.04 Å². The molecule has 202 valence electrons. The van der Waals surface area contributed by atoms with E-state index >= 15 is 0 Å². The molecule has 0 bridgehead atoms. The fraction of sp³-hybridized carbons (Fsp3) is 0.586. The third-order valence-corrected chi connectivity index (χ3v) is 8.47. The fourth-order valence-electron chi connectivity index (χ4n) is 5.71. The van der Waals surface area contributed by atoms with Gasteiger partial charge in [-0.15, -0.1) is 0 Å². The minimum Gasteiger partial charge on any atom is -0.298 e. The van der Waals surface area contributed by atoms with Gasteiger partial charge < -0.3 is 0 Å². The second-order valence-corrected chi connectivity index (χ2v) is 11.1. The first-order chi connectivity index (χ1) is 18.9. The number of aromatic nitrogens is 4. The molecule has 2 saturated carbocycles. The molecule has 0 N–H and O–H groups in total. The van der Waals surface area contributed by atoms with Crippen LogP contribution in [0.25, 0.3) is 0 Å². The molecular weight excluding hydrogens is 488 g/mol. The van der Waals surface area contributed by atoms with Crippen molar-refractivity contribution in [2.75, 3.05) is 20.1 Å². The van der Waals surface area contributed by atoms with Crippen molar-refractivity contribution < 1.29 is 0 Å². The fourth-order valence-corrected chi connectivity index (χ4v) is 5.71. The van der Waals surface area contributed by atoms with Gasteiger partial charge in [-0.3, -0.25) is 24.7 Å². The molecule has 5 rings (SSSR count). The van der Waals surface area contributed by atoms with E-state index in [4.69, 9.17) is 10.1 Å². The van der Waals surface area contributed by atoms with E-state index in [0.29, 0.717) is 54.7 Å². The molecule has 1 aliphatic heterocycles. The van der Waals surface area contributed by atoms with Crippen molar-refractivity contribution in [1.29, 1.82) is 10.5 Å². The summed E-state index contributed by atoms with van der Waals surface area (Å²) in [6.07, 6.45) is 10.6. The molecule has 2 aliphatic carbocycles. The standard InChI is InChI=1S/C29H36N10/c1-18-5-6-20(18)12-23-29(25-17-33-7-8-34-25)27(15-31)39(37-23)10-9-35-24(16-32-3)28-22(13-21-11-19(21)2)36-38(4)26(28)14-30/h9,16-21,24H,5-8,10-13H2,1-4H3. The lowest BCUT2D eigenvalue weighted by molar-refractivity contribution is 0.194. The molecule has 0 saturated heterocycles. The average molecular weight is 525 g/mol. The third kappa shape index (κ3) is 5.47. The van der Waals surface area contributed by atoms with Crippen LogP contribution in [0.3, 0.4) is 0 Å². The first-order valence-electron chi connectivity index (χ1n) is 13.9. The molecule has 0 aromatic carbocycles. The predicted octanol–water partition coefficient (Wildman–Crippen LogP) is 3.53. The van der Waals surface area contributed by atoms with Crippen molar-refractivity contribution in [3.8, 4) is 12.1 Å². The average Bonchev–Trinajstić information content (AvgIpc) is 3.37. The number of nitrogens with zero attached hydrogens (tertiary/aromatic N) is 10. The minimum absolute atomic E-state index is 0.325. The van der Waals surface area contributed by atoms with E-state index in [9.17, 15) is 10.5 Å². The summed E-state index contributed by atoms with van der Waals surface area (Å²) in [6.45, 7) is 6.14. The zero-order valence-corrected chi connectivity index (χ0v) is 23.2. The lowest BCUT2D eigenvalue weighted by Gasteiger charge is -2.33. The van der Waals surface area contributed by atoms with Gasteiger partial charge in [-0.25, -0.2) is 4.68 Å². The summed E-state index contributed by atoms with van der Waals surface area (Å²) < 4.78 is 3.38. The number of aliphatic imine (C=N–C) groups is 4. The molecule has 0 amide bonds. The third-order valence-electron chi connectivity index (χ3n) is 8.47. The smallest absolute Gasteiger partial charge is 0.148 e. The highest BCUT2D eigenvalue weighted by atomic mass is 15.3. The SMILES string of the molecule is CN=CC(N=CCn1nc(CC2CCC2C)c(C2=NCCN=C2)c1C#N)c1c(CC2CC2C)nn(C)c1C#N. The molecular formula is C29H36N10. The second kappa shape index (κ2) is 11.4. The molecule has 10 nitrogen and oxygen atoms in total. The van der Waals surface area contributed by atoms with Crippen molar-refractivity contribution in [3.05, 3.63) is 33.9 Å². The normalized spacial score (nSPS) is 24.9. The molecule has 2 fully saturated rings. The van der Waals surface area contributed by atoms with E-state index in [1.807, 2.05) is 0 Å². The summed E-state index contributed by atoms with van der Waals surface area (Å²) in [7, 11) is 3.51. The molecule has 5 unspecified atom stereocenters. The van der Waals surface area contributed by atoms with E-state index in [1.54, 1.807) is 42.1 Å². The van der Waals surface area contributed by atoms with Crippen LogP contribution in [0.1, 0.15) is 73.1 Å². The summed E-state index contributed by atoms with van der Waals surface area (Å²) in [5, 5.41) is 29.6. The van der Waals surface area contributed by atoms with Crippen molar-refractivity contribution in [2.24, 2.45) is 50.7 Å². The van der Waals surface area contributed by atoms with E-state index in [1.165, 1.54) is 19.3 Å². The van der Waals surface area contributed by atoms with Crippen molar-refractivity contribution in [2.45, 2.75) is 58.5 Å². The Morgan fingerprint density at radius 2 is 1.82 bits per heavy atom. The topological polar surface area (TPSA) is 133 Å². The molecule has 2 aromatic heterocycles. The second-order valence-electron chi connectivity index (χ2n) is 11.1. The predicted molar refractivity (Wildman–Crippen MR) is 152 cm³/mol. The molecule has 39 heavy (non-hydrogen) atoms. The van der Waals surface area contributed by atoms with Crippen molar-refractivity contribution >= 4 is 24.4 Å². The quantitative estimate of drug-likeness (QED) is 0.440. The Kier molecular flexibility index (Phi) is 7.83. The molecule has 3 heterocycles. The maximum atomic E-state index is 10.2. The molecule has 0 spiro atoms. The zero-order chi connectivity index (χ0) is 27.5. The van der Waals surface area contributed by atoms with Crippen LogP contribution < -0.4 is 0 Å². The summed E-state index contributed by atoms with van der Waals surface area (Å²) in [6, 6.07) is 4.25. The molecule has 5 atom stereocenters. The van der Waals surface area contributed by atoms with Crippen molar-refractivity contribution in [1.82, 2.24) is 19.6 Å². The molecule has 10 heteroatoms. The monoisotopic (exact) mass is 524 g/mol. The van der Waals surface area contributed by atoms with Gasteiger partial charge in [-0.05, 0) is 49.4 Å². The Labute approximate surface area is 229 Å². The zero-order valence-electron chi connectivity index (χ0n) is 23.2. The van der Waals surface area contributed by atoms with Crippen LogP contribution in [0, 0.1) is 46.3 Å². The maximum Gasteiger partial charge on any atom is 0.148 e. The summed E-state index contributed by atoms with van der Waals surface area (Å²) >= 11 is 0. The Morgan fingerprint density at radius 1 is 1.05 bits per heavy atom. The van der Waals surface area contributed by atoms with Gasteiger partial charge in [0.05, 0.1) is 42.3 Å². The van der Waals surface area contributed by atoms with E-state index in [0.717, 1.165) is 41.1 Å². The van der Waals surface area contributed by atoms with Crippen LogP contribution in [-0.4, -0.2) is 64.1 Å². The Bertz CT molecular complexity index is 1420. The van der Waals surface area contributed by atoms with Crippen LogP contribution in [0.4, 0.5) is 0 Å². The number of hydrogen-bond donors (Lipinski definition) is 0. The Balaban J connectivity index is 1.45. The maximum absolute atomic E-state index is 10.2. The van der Waals surface area contributed by atoms with Crippen LogP contribution in [0.15, 0.2) is 20.0 Å². The molecule has 2 aromatic rings. The summed E-state index contributed by atoms with van der Waals surface area (Å²) in [4.78, 5) is 18.2. The number of nitriles is 2. The number of rotatable bonds is 10. The molecule has 0 radical (unpaired) electrons. The van der Waals surface area contributed by atoms with Gasteiger partial charge in [-0.1, -0.05) is 20.3 Å². The lowest BCUT2D eigenvalue weighted by atomic mass is 9.72. The minimum atomic E-state index is -0.437. The van der Waals surface area contributed by atoms with Crippen LogP contribution in [0.5, 0.6) is 0 Å². The summed E-state index contributed by atoms with van der Waals surface area (Å²) in [5.74, 6) is 2.51. The van der Waals surface area contributed by atoms with Crippen molar-refractivity contribution in [3.63, 3.8) is 0 Å². The van der Waals surface area contributed by atoms with Gasteiger partial charge >= 0.3 is 0 Å². The Hall–Kier alpha value is -3.92. The highest BCUT2D eigenvalue weighted by Gasteiger charge is 2.35. The van der Waals surface area contributed by atoms with Gasteiger partial charge in [0.25, 0.3) is 0 Å². The lowest BCUT2D eigenvalue weighted by Crippen LogP contribution is -2.26. The largest absolute Gasteiger partial charge is 0.298 e. The van der Waals surface area contributed by atoms with Gasteiger partial charge in [0.1, 0.15) is 29.6 Å². The summed E-state index contributed by atoms with van der Waals surface area (Å²) in [5.41, 5.74) is 5.18. The number of aryl methyl sites for hydroxylation is 1. The molecule has 3 aliphatic rings.